The second kappa shape index (κ2) is 13.9. The summed E-state index contributed by atoms with van der Waals surface area (Å²) in [5.41, 5.74) is -0.518. The number of piperazine rings is 1. The number of hydrogen-bond donors (Lipinski definition) is 1. The number of rotatable bonds is 8. The number of halogens is 3. The lowest BCUT2D eigenvalue weighted by Gasteiger charge is -2.47. The molecule has 3 aromatic carbocycles. The maximum atomic E-state index is 15.1. The molecule has 0 aliphatic carbocycles. The van der Waals surface area contributed by atoms with Crippen molar-refractivity contribution in [2.45, 2.75) is 36.7 Å². The maximum Gasteiger partial charge on any atom is 0.326 e. The normalized spacial score (nSPS) is 21.6. The predicted molar refractivity (Wildman–Crippen MR) is 189 cm³/mol. The van der Waals surface area contributed by atoms with Crippen molar-refractivity contribution < 1.29 is 22.7 Å². The van der Waals surface area contributed by atoms with E-state index in [0.717, 1.165) is 17.4 Å². The summed E-state index contributed by atoms with van der Waals surface area (Å²) in [5, 5.41) is 3.70. The second-order valence-electron chi connectivity index (χ2n) is 12.1. The predicted octanol–water partition coefficient (Wildman–Crippen LogP) is 5.83. The van der Waals surface area contributed by atoms with E-state index in [1.165, 1.54) is 12.1 Å². The molecule has 0 bridgehead atoms. The van der Waals surface area contributed by atoms with Crippen LogP contribution in [0.1, 0.15) is 37.5 Å². The van der Waals surface area contributed by atoms with E-state index in [0.29, 0.717) is 41.8 Å². The molecule has 1 fully saturated rings. The Bertz CT molecular complexity index is 1850. The summed E-state index contributed by atoms with van der Waals surface area (Å²) in [6, 6.07) is 17.1. The van der Waals surface area contributed by atoms with Crippen LogP contribution in [0, 0.1) is 0 Å². The van der Waals surface area contributed by atoms with E-state index in [2.05, 4.69) is 5.32 Å². The molecule has 1 saturated heterocycles. The number of amides is 3. The van der Waals surface area contributed by atoms with Gasteiger partial charge in [0.1, 0.15) is 22.7 Å². The second-order valence-corrected chi connectivity index (χ2v) is 15.4. The largest absolute Gasteiger partial charge is 0.493 e. The fourth-order valence-electron chi connectivity index (χ4n) is 6.36. The molecule has 0 unspecified atom stereocenters. The highest BCUT2D eigenvalue weighted by Gasteiger charge is 2.60. The molecule has 2 atom stereocenters. The van der Waals surface area contributed by atoms with Crippen LogP contribution in [0.25, 0.3) is 0 Å². The summed E-state index contributed by atoms with van der Waals surface area (Å²) in [4.78, 5) is 37.7. The van der Waals surface area contributed by atoms with E-state index in [1.54, 1.807) is 48.0 Å². The minimum absolute atomic E-state index is 0.00524. The minimum atomic E-state index is -3.79. The van der Waals surface area contributed by atoms with Crippen molar-refractivity contribution in [3.8, 4) is 5.75 Å². The molecule has 3 aromatic rings. The van der Waals surface area contributed by atoms with E-state index in [1.807, 2.05) is 43.0 Å². The Morgan fingerprint density at radius 3 is 2.00 bits per heavy atom. The Morgan fingerprint density at radius 2 is 1.48 bits per heavy atom. The van der Waals surface area contributed by atoms with Crippen LogP contribution in [-0.2, 0) is 25.7 Å². The quantitative estimate of drug-likeness (QED) is 0.312. The number of ether oxygens (including phenoxy) is 1. The monoisotopic (exact) mass is 733 g/mol. The van der Waals surface area contributed by atoms with Crippen molar-refractivity contribution in [2.75, 3.05) is 52.6 Å². The van der Waals surface area contributed by atoms with Crippen LogP contribution in [0.5, 0.6) is 5.75 Å². The van der Waals surface area contributed by atoms with Gasteiger partial charge < -0.3 is 15.0 Å². The number of carbonyl (C=O) groups excluding carboxylic acids is 2. The first kappa shape index (κ1) is 35.9. The average molecular weight is 735 g/mol. The zero-order valence-corrected chi connectivity index (χ0v) is 30.5. The number of aliphatic imine (C=N–C) groups is 1. The van der Waals surface area contributed by atoms with Crippen LogP contribution in [0.15, 0.2) is 70.6 Å². The molecule has 14 heteroatoms. The van der Waals surface area contributed by atoms with E-state index >= 15 is 4.79 Å². The zero-order valence-electron chi connectivity index (χ0n) is 27.4. The van der Waals surface area contributed by atoms with Gasteiger partial charge in [-0.3, -0.25) is 19.6 Å². The highest BCUT2D eigenvalue weighted by molar-refractivity contribution is 7.90. The van der Waals surface area contributed by atoms with Gasteiger partial charge in [-0.1, -0.05) is 59.1 Å². The van der Waals surface area contributed by atoms with Crippen molar-refractivity contribution in [2.24, 2.45) is 4.99 Å². The Morgan fingerprint density at radius 1 is 0.917 bits per heavy atom. The third-order valence-corrected chi connectivity index (χ3v) is 11.3. The Hall–Kier alpha value is -3.35. The third kappa shape index (κ3) is 6.63. The van der Waals surface area contributed by atoms with Crippen LogP contribution in [-0.4, -0.2) is 93.5 Å². The SMILES string of the molecule is CCOc1cc(Cl)c(S(C)(=O)=O)cc1C1=N[C@@](C)(c2ccc(Cl)cc2)[C@@](C)(c2ccc(Cl)cc2)N1C(=O)N1CCN(CC(=O)NC)CC1. The van der Waals surface area contributed by atoms with Gasteiger partial charge in [0, 0.05) is 55.6 Å². The molecule has 0 spiro atoms. The van der Waals surface area contributed by atoms with Gasteiger partial charge >= 0.3 is 6.03 Å². The number of carbonyl (C=O) groups is 2. The van der Waals surface area contributed by atoms with Gasteiger partial charge in [0.25, 0.3) is 0 Å². The Labute approximate surface area is 296 Å². The standard InChI is InChI=1S/C34H38Cl3N5O5S/c1-6-47-28-20-27(37)29(48(5,45)46)19-26(28)31-39-33(2,22-7-11-24(35)12-8-22)34(3,23-9-13-25(36)14-10-23)42(31)32(44)41-17-15-40(16-18-41)21-30(43)38-4/h7-14,19-20H,6,15-18,21H2,1-5H3,(H,38,43)/t33-,34+/m0/s1. The topological polar surface area (TPSA) is 112 Å². The molecule has 5 rings (SSSR count). The first-order valence-electron chi connectivity index (χ1n) is 15.4. The van der Waals surface area contributed by atoms with Gasteiger partial charge in [0.2, 0.25) is 5.91 Å². The van der Waals surface area contributed by atoms with Crippen LogP contribution >= 0.6 is 34.8 Å². The van der Waals surface area contributed by atoms with E-state index in [-0.39, 0.29) is 46.6 Å². The molecular formula is C34H38Cl3N5O5S. The van der Waals surface area contributed by atoms with Gasteiger partial charge in [-0.15, -0.1) is 0 Å². The molecule has 0 saturated carbocycles. The van der Waals surface area contributed by atoms with Gasteiger partial charge in [-0.25, -0.2) is 13.2 Å². The molecule has 3 amide bonds. The molecule has 0 radical (unpaired) electrons. The highest BCUT2D eigenvalue weighted by atomic mass is 35.5. The van der Waals surface area contributed by atoms with E-state index < -0.39 is 20.9 Å². The van der Waals surface area contributed by atoms with E-state index in [4.69, 9.17) is 44.5 Å². The third-order valence-electron chi connectivity index (χ3n) is 9.20. The first-order chi connectivity index (χ1) is 22.6. The lowest BCUT2D eigenvalue weighted by molar-refractivity contribution is -0.122. The molecule has 256 valence electrons. The number of amidine groups is 1. The Kier molecular flexibility index (Phi) is 10.4. The summed E-state index contributed by atoms with van der Waals surface area (Å²) in [6.45, 7) is 7.81. The van der Waals surface area contributed by atoms with Crippen LogP contribution < -0.4 is 10.1 Å². The van der Waals surface area contributed by atoms with Gasteiger partial charge in [0.15, 0.2) is 9.84 Å². The van der Waals surface area contributed by atoms with Crippen LogP contribution in [0.3, 0.4) is 0 Å². The van der Waals surface area contributed by atoms with Crippen molar-refractivity contribution in [1.82, 2.24) is 20.0 Å². The number of benzene rings is 3. The molecule has 10 nitrogen and oxygen atoms in total. The number of hydrogen-bond acceptors (Lipinski definition) is 7. The van der Waals surface area contributed by atoms with Crippen molar-refractivity contribution in [1.29, 1.82) is 0 Å². The number of nitrogens with one attached hydrogen (secondary N) is 1. The number of likely N-dealkylation sites (N-methyl/N-ethyl adjacent to an activating group) is 1. The Balaban J connectivity index is 1.76. The minimum Gasteiger partial charge on any atom is -0.493 e. The summed E-state index contributed by atoms with van der Waals surface area (Å²) >= 11 is 19.2. The summed E-state index contributed by atoms with van der Waals surface area (Å²) in [7, 11) is -2.20. The van der Waals surface area contributed by atoms with Crippen molar-refractivity contribution in [3.63, 3.8) is 0 Å². The fraction of sp³-hybridized carbons (Fsp3) is 0.382. The molecule has 2 aliphatic rings. The van der Waals surface area contributed by atoms with Crippen LogP contribution in [0.4, 0.5) is 4.79 Å². The molecule has 1 N–H and O–H groups in total. The summed E-state index contributed by atoms with van der Waals surface area (Å²) < 4.78 is 31.9. The summed E-state index contributed by atoms with van der Waals surface area (Å²) in [6.07, 6.45) is 1.08. The fourth-order valence-corrected chi connectivity index (χ4v) is 7.93. The number of sulfone groups is 1. The van der Waals surface area contributed by atoms with Gasteiger partial charge in [0.05, 0.1) is 28.6 Å². The van der Waals surface area contributed by atoms with Crippen molar-refractivity contribution in [3.05, 3.63) is 92.4 Å². The lowest BCUT2D eigenvalue weighted by atomic mass is 9.71. The smallest absolute Gasteiger partial charge is 0.326 e. The maximum absolute atomic E-state index is 15.1. The van der Waals surface area contributed by atoms with Gasteiger partial charge in [-0.05, 0) is 62.2 Å². The highest BCUT2D eigenvalue weighted by Crippen LogP contribution is 2.54. The summed E-state index contributed by atoms with van der Waals surface area (Å²) in [5.74, 6) is 0.388. The lowest BCUT2D eigenvalue weighted by Crippen LogP contribution is -2.61. The molecular weight excluding hydrogens is 697 g/mol. The van der Waals surface area contributed by atoms with Crippen LogP contribution in [0.2, 0.25) is 15.1 Å². The molecule has 2 heterocycles. The number of urea groups is 1. The molecule has 0 aromatic heterocycles. The van der Waals surface area contributed by atoms with E-state index in [9.17, 15) is 13.2 Å². The zero-order chi connectivity index (χ0) is 35.0. The average Bonchev–Trinajstić information content (AvgIpc) is 3.29. The van der Waals surface area contributed by atoms with Crippen molar-refractivity contribution >= 4 is 62.4 Å². The first-order valence-corrected chi connectivity index (χ1v) is 18.5. The number of nitrogens with zero attached hydrogens (tertiary/aromatic N) is 4. The molecule has 48 heavy (non-hydrogen) atoms. The van der Waals surface area contributed by atoms with Gasteiger partial charge in [-0.2, -0.15) is 0 Å². The molecule has 2 aliphatic heterocycles.